The molecule has 0 unspecified atom stereocenters. The van der Waals surface area contributed by atoms with Crippen LogP contribution in [0.3, 0.4) is 0 Å². The lowest BCUT2D eigenvalue weighted by Gasteiger charge is -2.11. The van der Waals surface area contributed by atoms with Crippen molar-refractivity contribution < 1.29 is 15.0 Å². The number of hydrogen-bond acceptors (Lipinski definition) is 5. The number of carbonyl (C=O) groups is 1. The topological polar surface area (TPSA) is 83.3 Å². The molecule has 0 amide bonds. The van der Waals surface area contributed by atoms with Crippen molar-refractivity contribution in [3.63, 3.8) is 0 Å². The van der Waals surface area contributed by atoms with E-state index >= 15 is 0 Å². The third-order valence-electron chi connectivity index (χ3n) is 3.98. The van der Waals surface area contributed by atoms with E-state index < -0.39 is 0 Å². The number of ketones is 1. The van der Waals surface area contributed by atoms with Gasteiger partial charge in [0.2, 0.25) is 5.28 Å². The third kappa shape index (κ3) is 3.69. The second-order valence-corrected chi connectivity index (χ2v) is 6.21. The molecule has 2 aromatic carbocycles. The highest BCUT2D eigenvalue weighted by atomic mass is 35.5. The Kier molecular flexibility index (Phi) is 5.08. The molecule has 1 aromatic heterocycles. The van der Waals surface area contributed by atoms with Crippen LogP contribution in [-0.2, 0) is 24.4 Å². The predicted octanol–water partition coefficient (Wildman–Crippen LogP) is 3.07. The van der Waals surface area contributed by atoms with E-state index in [9.17, 15) is 15.0 Å². The molecule has 0 spiro atoms. The molecule has 0 aliphatic rings. The van der Waals surface area contributed by atoms with Gasteiger partial charge < -0.3 is 10.2 Å². The Morgan fingerprint density at radius 2 is 1.80 bits per heavy atom. The van der Waals surface area contributed by atoms with Gasteiger partial charge in [-0.2, -0.15) is 0 Å². The van der Waals surface area contributed by atoms with Crippen LogP contribution in [0.15, 0.2) is 36.4 Å². The number of aromatic nitrogens is 2. The van der Waals surface area contributed by atoms with Crippen LogP contribution < -0.4 is 0 Å². The van der Waals surface area contributed by atoms with Crippen LogP contribution in [0.5, 0.6) is 0 Å². The van der Waals surface area contributed by atoms with E-state index in [0.29, 0.717) is 28.8 Å². The molecule has 0 saturated carbocycles. The molecule has 1 heterocycles. The summed E-state index contributed by atoms with van der Waals surface area (Å²) in [6.45, 7) is 1.16. The zero-order valence-electron chi connectivity index (χ0n) is 13.7. The quantitative estimate of drug-likeness (QED) is 0.686. The fraction of sp³-hybridized carbons (Fsp3) is 0.211. The molecular weight excluding hydrogens is 340 g/mol. The molecular formula is C19H17ClN2O3. The number of benzene rings is 2. The van der Waals surface area contributed by atoms with Gasteiger partial charge in [-0.25, -0.2) is 9.97 Å². The first-order valence-electron chi connectivity index (χ1n) is 7.81. The fourth-order valence-electron chi connectivity index (χ4n) is 2.87. The highest BCUT2D eigenvalue weighted by Gasteiger charge is 2.13. The SMILES string of the molecule is CC(=O)Cc1cccc(-c2nc(Cl)nc3cc(CO)c(CO)cc23)c1. The molecule has 0 aliphatic heterocycles. The summed E-state index contributed by atoms with van der Waals surface area (Å²) in [6.07, 6.45) is 0.348. The molecule has 2 N–H and O–H groups in total. The van der Waals surface area contributed by atoms with E-state index in [1.54, 1.807) is 19.1 Å². The van der Waals surface area contributed by atoms with Gasteiger partial charge in [-0.05, 0) is 53.4 Å². The fourth-order valence-corrected chi connectivity index (χ4v) is 3.04. The number of aliphatic hydroxyl groups is 2. The maximum Gasteiger partial charge on any atom is 0.223 e. The molecule has 0 atom stereocenters. The Labute approximate surface area is 149 Å². The van der Waals surface area contributed by atoms with Crippen molar-refractivity contribution in [3.8, 4) is 11.3 Å². The number of fused-ring (bicyclic) bond motifs is 1. The van der Waals surface area contributed by atoms with E-state index in [1.165, 1.54) is 0 Å². The number of halogens is 1. The monoisotopic (exact) mass is 356 g/mol. The summed E-state index contributed by atoms with van der Waals surface area (Å²) >= 11 is 6.08. The summed E-state index contributed by atoms with van der Waals surface area (Å²) < 4.78 is 0. The first-order chi connectivity index (χ1) is 12.0. The average molecular weight is 357 g/mol. The van der Waals surface area contributed by atoms with E-state index in [-0.39, 0.29) is 24.3 Å². The van der Waals surface area contributed by atoms with Crippen LogP contribution >= 0.6 is 11.6 Å². The Balaban J connectivity index is 2.23. The molecule has 25 heavy (non-hydrogen) atoms. The largest absolute Gasteiger partial charge is 0.392 e. The lowest BCUT2D eigenvalue weighted by Crippen LogP contribution is -1.99. The highest BCUT2D eigenvalue weighted by Crippen LogP contribution is 2.30. The summed E-state index contributed by atoms with van der Waals surface area (Å²) in [4.78, 5) is 20.0. The van der Waals surface area contributed by atoms with Crippen molar-refractivity contribution >= 4 is 28.3 Å². The zero-order valence-corrected chi connectivity index (χ0v) is 14.4. The van der Waals surface area contributed by atoms with Crippen molar-refractivity contribution in [3.05, 3.63) is 58.4 Å². The van der Waals surface area contributed by atoms with Gasteiger partial charge in [0.25, 0.3) is 0 Å². The minimum Gasteiger partial charge on any atom is -0.392 e. The minimum atomic E-state index is -0.198. The number of carbonyl (C=O) groups excluding carboxylic acids is 1. The molecule has 3 aromatic rings. The van der Waals surface area contributed by atoms with Gasteiger partial charge in [0.15, 0.2) is 0 Å². The molecule has 0 radical (unpaired) electrons. The van der Waals surface area contributed by atoms with Gasteiger partial charge in [0.05, 0.1) is 24.4 Å². The second kappa shape index (κ2) is 7.27. The first-order valence-corrected chi connectivity index (χ1v) is 8.19. The normalized spacial score (nSPS) is 11.0. The number of Topliss-reactive ketones (excluding diaryl/α,β-unsaturated/α-hetero) is 1. The number of rotatable bonds is 5. The Hall–Kier alpha value is -2.34. The van der Waals surface area contributed by atoms with Crippen LogP contribution in [0.2, 0.25) is 5.28 Å². The van der Waals surface area contributed by atoms with E-state index in [1.807, 2.05) is 24.3 Å². The molecule has 0 saturated heterocycles. The van der Waals surface area contributed by atoms with Crippen LogP contribution in [0, 0.1) is 0 Å². The van der Waals surface area contributed by atoms with Crippen molar-refractivity contribution in [1.29, 1.82) is 0 Å². The Morgan fingerprint density at radius 3 is 2.48 bits per heavy atom. The smallest absolute Gasteiger partial charge is 0.223 e. The maximum absolute atomic E-state index is 11.4. The van der Waals surface area contributed by atoms with Gasteiger partial charge in [0, 0.05) is 17.4 Å². The summed E-state index contributed by atoms with van der Waals surface area (Å²) in [7, 11) is 0. The van der Waals surface area contributed by atoms with E-state index in [2.05, 4.69) is 9.97 Å². The molecule has 0 fully saturated rings. The van der Waals surface area contributed by atoms with Crippen molar-refractivity contribution in [2.24, 2.45) is 0 Å². The average Bonchev–Trinajstić information content (AvgIpc) is 2.59. The van der Waals surface area contributed by atoms with Crippen molar-refractivity contribution in [2.75, 3.05) is 0 Å². The molecule has 0 aliphatic carbocycles. The van der Waals surface area contributed by atoms with Crippen LogP contribution in [-0.4, -0.2) is 26.0 Å². The molecule has 5 nitrogen and oxygen atoms in total. The Morgan fingerprint density at radius 1 is 1.08 bits per heavy atom. The number of aliphatic hydroxyl groups excluding tert-OH is 2. The lowest BCUT2D eigenvalue weighted by molar-refractivity contribution is -0.116. The summed E-state index contributed by atoms with van der Waals surface area (Å²) in [5, 5.41) is 19.8. The van der Waals surface area contributed by atoms with Crippen LogP contribution in [0.4, 0.5) is 0 Å². The minimum absolute atomic E-state index is 0.0814. The highest BCUT2D eigenvalue weighted by molar-refractivity contribution is 6.28. The van der Waals surface area contributed by atoms with Crippen molar-refractivity contribution in [1.82, 2.24) is 9.97 Å². The van der Waals surface area contributed by atoms with Crippen LogP contribution in [0.25, 0.3) is 22.2 Å². The van der Waals surface area contributed by atoms with E-state index in [0.717, 1.165) is 16.5 Å². The number of nitrogens with zero attached hydrogens (tertiary/aromatic N) is 2. The maximum atomic E-state index is 11.4. The Bertz CT molecular complexity index is 957. The van der Waals surface area contributed by atoms with Gasteiger partial charge in [-0.1, -0.05) is 18.2 Å². The van der Waals surface area contributed by atoms with Gasteiger partial charge in [-0.15, -0.1) is 0 Å². The zero-order chi connectivity index (χ0) is 18.0. The second-order valence-electron chi connectivity index (χ2n) is 5.87. The lowest BCUT2D eigenvalue weighted by atomic mass is 9.99. The van der Waals surface area contributed by atoms with Gasteiger partial charge in [0.1, 0.15) is 5.78 Å². The summed E-state index contributed by atoms with van der Waals surface area (Å²) in [5.74, 6) is 0.0814. The number of hydrogen-bond donors (Lipinski definition) is 2. The molecule has 0 bridgehead atoms. The summed E-state index contributed by atoms with van der Waals surface area (Å²) in [5.41, 5.74) is 4.13. The molecule has 128 valence electrons. The van der Waals surface area contributed by atoms with Gasteiger partial charge in [-0.3, -0.25) is 4.79 Å². The standard InChI is InChI=1S/C19H17ClN2O3/c1-11(25)5-12-3-2-4-13(6-12)18-16-7-14(9-23)15(10-24)8-17(16)21-19(20)22-18/h2-4,6-8,23-24H,5,9-10H2,1H3. The predicted molar refractivity (Wildman–Crippen MR) is 96.2 cm³/mol. The van der Waals surface area contributed by atoms with Gasteiger partial charge >= 0.3 is 0 Å². The van der Waals surface area contributed by atoms with E-state index in [4.69, 9.17) is 11.6 Å². The molecule has 3 rings (SSSR count). The third-order valence-corrected chi connectivity index (χ3v) is 4.15. The molecule has 6 heteroatoms. The summed E-state index contributed by atoms with van der Waals surface area (Å²) in [6, 6.07) is 11.0. The van der Waals surface area contributed by atoms with Crippen molar-refractivity contribution in [2.45, 2.75) is 26.6 Å². The van der Waals surface area contributed by atoms with Crippen LogP contribution in [0.1, 0.15) is 23.6 Å². The first kappa shape index (κ1) is 17.5.